The Morgan fingerprint density at radius 2 is 1.93 bits per heavy atom. The molecule has 2 aromatic carbocycles. The molecule has 8 heteroatoms. The number of benzene rings is 2. The fraction of sp³-hybridized carbons (Fsp3) is 0.263. The Labute approximate surface area is 166 Å². The molecule has 0 fully saturated rings. The molecule has 5 nitrogen and oxygen atoms in total. The van der Waals surface area contributed by atoms with Crippen molar-refractivity contribution < 1.29 is 23.5 Å². The maximum absolute atomic E-state index is 12.8. The smallest absolute Gasteiger partial charge is 0.307 e. The van der Waals surface area contributed by atoms with E-state index in [-0.39, 0.29) is 12.2 Å². The molecule has 144 valence electrons. The van der Waals surface area contributed by atoms with Crippen LogP contribution in [0.1, 0.15) is 13.3 Å². The number of anilines is 1. The summed E-state index contributed by atoms with van der Waals surface area (Å²) < 4.78 is 23.2. The minimum atomic E-state index is -0.975. The Balaban J connectivity index is 1.80. The lowest BCUT2D eigenvalue weighted by molar-refractivity contribution is -0.152. The number of ether oxygens (including phenoxy) is 2. The first-order valence-electron chi connectivity index (χ1n) is 8.11. The van der Waals surface area contributed by atoms with Gasteiger partial charge in [0.1, 0.15) is 11.6 Å². The molecule has 0 aliphatic rings. The van der Waals surface area contributed by atoms with Crippen molar-refractivity contribution in [2.75, 3.05) is 18.2 Å². The van der Waals surface area contributed by atoms with E-state index in [2.05, 4.69) is 5.32 Å². The lowest BCUT2D eigenvalue weighted by atomic mass is 10.2. The van der Waals surface area contributed by atoms with Crippen molar-refractivity contribution in [3.63, 3.8) is 0 Å². The maximum atomic E-state index is 12.8. The monoisotopic (exact) mass is 411 g/mol. The molecule has 0 aliphatic heterocycles. The van der Waals surface area contributed by atoms with E-state index in [1.807, 2.05) is 0 Å². The molecule has 2 aromatic rings. The summed E-state index contributed by atoms with van der Waals surface area (Å²) in [5.74, 6) is -0.390. The summed E-state index contributed by atoms with van der Waals surface area (Å²) in [7, 11) is 1.47. The number of hydrogen-bond donors (Lipinski definition) is 1. The van der Waals surface area contributed by atoms with Gasteiger partial charge >= 0.3 is 5.97 Å². The van der Waals surface area contributed by atoms with Crippen LogP contribution >= 0.6 is 23.4 Å². The molecule has 0 spiro atoms. The lowest BCUT2D eigenvalue weighted by Gasteiger charge is -2.15. The number of carbonyl (C=O) groups excluding carboxylic acids is 2. The van der Waals surface area contributed by atoms with Crippen molar-refractivity contribution in [3.05, 3.63) is 53.3 Å². The third-order valence-corrected chi connectivity index (χ3v) is 4.73. The van der Waals surface area contributed by atoms with Gasteiger partial charge < -0.3 is 14.8 Å². The highest BCUT2D eigenvalue weighted by molar-refractivity contribution is 7.99. The van der Waals surface area contributed by atoms with Gasteiger partial charge in [0.05, 0.1) is 19.2 Å². The molecule has 1 amide bonds. The number of halogens is 2. The highest BCUT2D eigenvalue weighted by Crippen LogP contribution is 2.28. The molecule has 0 saturated carbocycles. The highest BCUT2D eigenvalue weighted by Gasteiger charge is 2.19. The summed E-state index contributed by atoms with van der Waals surface area (Å²) in [5, 5.41) is 3.07. The first kappa shape index (κ1) is 21.1. The topological polar surface area (TPSA) is 64.6 Å². The molecule has 27 heavy (non-hydrogen) atoms. The second-order valence-electron chi connectivity index (χ2n) is 5.52. The fourth-order valence-corrected chi connectivity index (χ4v) is 3.11. The number of carbonyl (C=O) groups is 2. The predicted molar refractivity (Wildman–Crippen MR) is 104 cm³/mol. The number of nitrogens with one attached hydrogen (secondary N) is 1. The summed E-state index contributed by atoms with van der Waals surface area (Å²) in [6.07, 6.45) is -0.850. The summed E-state index contributed by atoms with van der Waals surface area (Å²) in [4.78, 5) is 25.0. The molecule has 1 atom stereocenters. The second-order valence-corrected chi connectivity index (χ2v) is 7.12. The molecule has 0 heterocycles. The number of methoxy groups -OCH3 is 1. The standard InChI is InChI=1S/C19H19ClFNO4S/c1-12(19(24)22-16-11-13(20)3-8-17(16)25-2)26-18(23)9-10-27-15-6-4-14(21)5-7-15/h3-8,11-12H,9-10H2,1-2H3,(H,22,24)/t12-/m0/s1. The number of thioether (sulfide) groups is 1. The van der Waals surface area contributed by atoms with Crippen LogP contribution in [0.15, 0.2) is 47.4 Å². The van der Waals surface area contributed by atoms with Crippen LogP contribution in [0.5, 0.6) is 5.75 Å². The van der Waals surface area contributed by atoms with Gasteiger partial charge in [-0.05, 0) is 49.4 Å². The number of amides is 1. The van der Waals surface area contributed by atoms with E-state index in [1.165, 1.54) is 37.9 Å². The van der Waals surface area contributed by atoms with Gasteiger partial charge in [-0.1, -0.05) is 11.6 Å². The van der Waals surface area contributed by atoms with Gasteiger partial charge in [0.25, 0.3) is 5.91 Å². The van der Waals surface area contributed by atoms with Gasteiger partial charge in [-0.3, -0.25) is 9.59 Å². The van der Waals surface area contributed by atoms with Crippen LogP contribution < -0.4 is 10.1 Å². The van der Waals surface area contributed by atoms with Crippen LogP contribution in [-0.4, -0.2) is 30.8 Å². The van der Waals surface area contributed by atoms with Crippen LogP contribution in [-0.2, 0) is 14.3 Å². The van der Waals surface area contributed by atoms with E-state index in [9.17, 15) is 14.0 Å². The van der Waals surface area contributed by atoms with E-state index in [4.69, 9.17) is 21.1 Å². The van der Waals surface area contributed by atoms with Crippen LogP contribution in [0.2, 0.25) is 5.02 Å². The Kier molecular flexibility index (Phi) is 7.94. The van der Waals surface area contributed by atoms with E-state index >= 15 is 0 Å². The van der Waals surface area contributed by atoms with Crippen LogP contribution in [0.4, 0.5) is 10.1 Å². The normalized spacial score (nSPS) is 11.6. The summed E-state index contributed by atoms with van der Waals surface area (Å²) in [6, 6.07) is 10.8. The third kappa shape index (κ3) is 6.77. The van der Waals surface area contributed by atoms with Crippen molar-refractivity contribution in [3.8, 4) is 5.75 Å². The molecule has 0 aromatic heterocycles. The average molecular weight is 412 g/mol. The zero-order valence-corrected chi connectivity index (χ0v) is 16.4. The first-order chi connectivity index (χ1) is 12.9. The van der Waals surface area contributed by atoms with Crippen molar-refractivity contribution in [2.45, 2.75) is 24.3 Å². The Morgan fingerprint density at radius 3 is 2.59 bits per heavy atom. The van der Waals surface area contributed by atoms with E-state index in [1.54, 1.807) is 30.3 Å². The summed E-state index contributed by atoms with van der Waals surface area (Å²) in [6.45, 7) is 1.48. The molecular formula is C19H19ClFNO4S. The van der Waals surface area contributed by atoms with Gasteiger partial charge in [0.15, 0.2) is 6.10 Å². The second kappa shape index (κ2) is 10.2. The molecule has 2 rings (SSSR count). The molecule has 0 saturated heterocycles. The van der Waals surface area contributed by atoms with Gasteiger partial charge in [0, 0.05) is 15.7 Å². The van der Waals surface area contributed by atoms with Gasteiger partial charge in [-0.25, -0.2) is 4.39 Å². The molecular weight excluding hydrogens is 393 g/mol. The minimum absolute atomic E-state index is 0.125. The fourth-order valence-electron chi connectivity index (χ4n) is 2.10. The van der Waals surface area contributed by atoms with Crippen LogP contribution in [0, 0.1) is 5.82 Å². The Morgan fingerprint density at radius 1 is 1.22 bits per heavy atom. The zero-order valence-electron chi connectivity index (χ0n) is 14.8. The number of esters is 1. The summed E-state index contributed by atoms with van der Waals surface area (Å²) >= 11 is 7.33. The Bertz CT molecular complexity index is 801. The third-order valence-electron chi connectivity index (χ3n) is 3.49. The van der Waals surface area contributed by atoms with Crippen molar-refractivity contribution in [1.82, 2.24) is 0 Å². The lowest BCUT2D eigenvalue weighted by Crippen LogP contribution is -2.30. The quantitative estimate of drug-likeness (QED) is 0.510. The van der Waals surface area contributed by atoms with Crippen LogP contribution in [0.25, 0.3) is 0 Å². The van der Waals surface area contributed by atoms with Crippen molar-refractivity contribution in [2.24, 2.45) is 0 Å². The minimum Gasteiger partial charge on any atom is -0.495 e. The predicted octanol–water partition coefficient (Wildman–Crippen LogP) is 4.54. The molecule has 1 N–H and O–H groups in total. The Hall–Kier alpha value is -2.25. The van der Waals surface area contributed by atoms with Gasteiger partial charge in [0.2, 0.25) is 0 Å². The van der Waals surface area contributed by atoms with E-state index < -0.39 is 18.0 Å². The molecule has 0 radical (unpaired) electrons. The zero-order chi connectivity index (χ0) is 19.8. The maximum Gasteiger partial charge on any atom is 0.307 e. The van der Waals surface area contributed by atoms with Gasteiger partial charge in [-0.15, -0.1) is 11.8 Å². The molecule has 0 aliphatic carbocycles. The average Bonchev–Trinajstić information content (AvgIpc) is 2.63. The SMILES string of the molecule is COc1ccc(Cl)cc1NC(=O)[C@H](C)OC(=O)CCSc1ccc(F)cc1. The summed E-state index contributed by atoms with van der Waals surface area (Å²) in [5.41, 5.74) is 0.393. The number of hydrogen-bond acceptors (Lipinski definition) is 5. The largest absolute Gasteiger partial charge is 0.495 e. The van der Waals surface area contributed by atoms with Crippen LogP contribution in [0.3, 0.4) is 0 Å². The van der Waals surface area contributed by atoms with E-state index in [0.29, 0.717) is 22.2 Å². The first-order valence-corrected chi connectivity index (χ1v) is 9.47. The molecule has 0 unspecified atom stereocenters. The van der Waals surface area contributed by atoms with Crippen molar-refractivity contribution in [1.29, 1.82) is 0 Å². The number of rotatable bonds is 8. The van der Waals surface area contributed by atoms with Crippen molar-refractivity contribution >= 4 is 40.9 Å². The molecule has 0 bridgehead atoms. The highest BCUT2D eigenvalue weighted by atomic mass is 35.5. The van der Waals surface area contributed by atoms with Gasteiger partial charge in [-0.2, -0.15) is 0 Å². The van der Waals surface area contributed by atoms with E-state index in [0.717, 1.165) is 4.90 Å².